The lowest BCUT2D eigenvalue weighted by Crippen LogP contribution is -2.36. The molecule has 1 aliphatic heterocycles. The summed E-state index contributed by atoms with van der Waals surface area (Å²) in [5, 5.41) is 14.6. The average Bonchev–Trinajstić information content (AvgIpc) is 2.92. The molecule has 0 aromatic carbocycles. The van der Waals surface area contributed by atoms with Gasteiger partial charge >= 0.3 is 5.69 Å². The molecule has 1 fully saturated rings. The van der Waals surface area contributed by atoms with Crippen LogP contribution in [0.5, 0.6) is 0 Å². The molecule has 0 bridgehead atoms. The number of nitro groups is 1. The van der Waals surface area contributed by atoms with Crippen LogP contribution < -0.4 is 0 Å². The molecule has 108 valence electrons. The highest BCUT2D eigenvalue weighted by molar-refractivity contribution is 5.21. The van der Waals surface area contributed by atoms with E-state index in [9.17, 15) is 14.5 Å². The normalized spacial score (nSPS) is 16.8. The first-order valence-electron chi connectivity index (χ1n) is 6.67. The number of halogens is 1. The molecule has 1 saturated heterocycles. The van der Waals surface area contributed by atoms with Crippen molar-refractivity contribution in [3.63, 3.8) is 0 Å². The topological polar surface area (TPSA) is 64.2 Å². The van der Waals surface area contributed by atoms with Gasteiger partial charge in [0.25, 0.3) is 0 Å². The number of aromatic nitrogens is 2. The van der Waals surface area contributed by atoms with Gasteiger partial charge in [0.2, 0.25) is 0 Å². The van der Waals surface area contributed by atoms with Crippen LogP contribution in [0.2, 0.25) is 0 Å². The van der Waals surface area contributed by atoms with Crippen LogP contribution >= 0.6 is 0 Å². The van der Waals surface area contributed by atoms with Crippen LogP contribution in [0.15, 0.2) is 12.4 Å². The number of hydrogen-bond acceptors (Lipinski definition) is 4. The Morgan fingerprint density at radius 2 is 2.11 bits per heavy atom. The fourth-order valence-corrected chi connectivity index (χ4v) is 2.15. The first kappa shape index (κ1) is 15.6. The van der Waals surface area contributed by atoms with Gasteiger partial charge in [0.1, 0.15) is 19.1 Å². The Balaban J connectivity index is 0.000000861. The van der Waals surface area contributed by atoms with Gasteiger partial charge in [0.15, 0.2) is 0 Å². The Hall–Kier alpha value is -1.50. The molecule has 2 heterocycles. The second kappa shape index (κ2) is 7.83. The SMILES string of the molecule is CC.O=[N+]([O-])c1cnn(C2CCN(CCF)CC2)c1. The van der Waals surface area contributed by atoms with Crippen LogP contribution in [0.1, 0.15) is 32.7 Å². The van der Waals surface area contributed by atoms with Gasteiger partial charge in [-0.1, -0.05) is 13.8 Å². The van der Waals surface area contributed by atoms with E-state index in [2.05, 4.69) is 10.00 Å². The average molecular weight is 272 g/mol. The predicted octanol–water partition coefficient (Wildman–Crippen LogP) is 2.42. The largest absolute Gasteiger partial charge is 0.307 e. The van der Waals surface area contributed by atoms with Crippen molar-refractivity contribution in [2.24, 2.45) is 0 Å². The smallest absolute Gasteiger partial charge is 0.301 e. The second-order valence-electron chi connectivity index (χ2n) is 4.20. The van der Waals surface area contributed by atoms with Crippen LogP contribution in [0.25, 0.3) is 0 Å². The maximum absolute atomic E-state index is 12.2. The van der Waals surface area contributed by atoms with Crippen LogP contribution in [-0.4, -0.2) is 45.9 Å². The fourth-order valence-electron chi connectivity index (χ4n) is 2.15. The molecule has 6 nitrogen and oxygen atoms in total. The van der Waals surface area contributed by atoms with Gasteiger partial charge in [-0.15, -0.1) is 0 Å². The molecule has 0 aliphatic carbocycles. The lowest BCUT2D eigenvalue weighted by atomic mass is 10.1. The Morgan fingerprint density at radius 3 is 2.58 bits per heavy atom. The van der Waals surface area contributed by atoms with Gasteiger partial charge in [-0.2, -0.15) is 5.10 Å². The zero-order chi connectivity index (χ0) is 14.3. The third-order valence-corrected chi connectivity index (χ3v) is 3.13. The van der Waals surface area contributed by atoms with Crippen LogP contribution in [-0.2, 0) is 0 Å². The summed E-state index contributed by atoms with van der Waals surface area (Å²) in [6.07, 6.45) is 4.46. The van der Waals surface area contributed by atoms with E-state index in [0.717, 1.165) is 25.9 Å². The second-order valence-corrected chi connectivity index (χ2v) is 4.20. The first-order valence-corrected chi connectivity index (χ1v) is 6.67. The molecular weight excluding hydrogens is 251 g/mol. The van der Waals surface area contributed by atoms with Gasteiger partial charge in [-0.25, -0.2) is 4.39 Å². The maximum Gasteiger partial charge on any atom is 0.307 e. The Morgan fingerprint density at radius 1 is 1.47 bits per heavy atom. The maximum atomic E-state index is 12.2. The quantitative estimate of drug-likeness (QED) is 0.623. The lowest BCUT2D eigenvalue weighted by molar-refractivity contribution is -0.385. The molecule has 0 amide bonds. The van der Waals surface area contributed by atoms with Crippen molar-refractivity contribution in [2.45, 2.75) is 32.7 Å². The molecule has 19 heavy (non-hydrogen) atoms. The molecule has 1 aromatic heterocycles. The number of alkyl halides is 1. The minimum absolute atomic E-state index is 0.0242. The zero-order valence-electron chi connectivity index (χ0n) is 11.5. The van der Waals surface area contributed by atoms with E-state index in [1.54, 1.807) is 4.68 Å². The van der Waals surface area contributed by atoms with Crippen molar-refractivity contribution in [1.82, 2.24) is 14.7 Å². The van der Waals surface area contributed by atoms with Gasteiger partial charge < -0.3 is 4.90 Å². The van der Waals surface area contributed by atoms with E-state index in [0.29, 0.717) is 6.54 Å². The summed E-state index contributed by atoms with van der Waals surface area (Å²) in [7, 11) is 0. The summed E-state index contributed by atoms with van der Waals surface area (Å²) in [5.74, 6) is 0. The summed E-state index contributed by atoms with van der Waals surface area (Å²) in [4.78, 5) is 12.2. The molecule has 0 unspecified atom stereocenters. The minimum atomic E-state index is -0.443. The minimum Gasteiger partial charge on any atom is -0.301 e. The molecule has 1 aliphatic rings. The highest BCUT2D eigenvalue weighted by atomic mass is 19.1. The van der Waals surface area contributed by atoms with Gasteiger partial charge in [-0.05, 0) is 12.8 Å². The number of nitrogens with zero attached hydrogens (tertiary/aromatic N) is 4. The molecule has 7 heteroatoms. The summed E-state index contributed by atoms with van der Waals surface area (Å²) in [6, 6.07) is 0.194. The summed E-state index contributed by atoms with van der Waals surface area (Å²) in [6.45, 7) is 5.80. The first-order chi connectivity index (χ1) is 9.20. The molecule has 1 aromatic rings. The van der Waals surface area contributed by atoms with E-state index >= 15 is 0 Å². The van der Waals surface area contributed by atoms with E-state index in [1.165, 1.54) is 12.4 Å². The van der Waals surface area contributed by atoms with E-state index in [4.69, 9.17) is 0 Å². The molecule has 0 saturated carbocycles. The van der Waals surface area contributed by atoms with E-state index in [1.807, 2.05) is 13.8 Å². The molecule has 2 rings (SSSR count). The van der Waals surface area contributed by atoms with Crippen molar-refractivity contribution < 1.29 is 9.31 Å². The van der Waals surface area contributed by atoms with E-state index < -0.39 is 4.92 Å². The fraction of sp³-hybridized carbons (Fsp3) is 0.750. The lowest BCUT2D eigenvalue weighted by Gasteiger charge is -2.31. The van der Waals surface area contributed by atoms with Crippen molar-refractivity contribution in [1.29, 1.82) is 0 Å². The van der Waals surface area contributed by atoms with Crippen LogP contribution in [0.3, 0.4) is 0 Å². The number of piperidine rings is 1. The summed E-state index contributed by atoms with van der Waals surface area (Å²) in [5.41, 5.74) is 0.0242. The number of hydrogen-bond donors (Lipinski definition) is 0. The Bertz CT molecular complexity index is 389. The third-order valence-electron chi connectivity index (χ3n) is 3.13. The van der Waals surface area contributed by atoms with E-state index in [-0.39, 0.29) is 18.4 Å². The summed E-state index contributed by atoms with van der Waals surface area (Å²) < 4.78 is 13.8. The third kappa shape index (κ3) is 4.27. The molecule has 0 spiro atoms. The molecule has 0 N–H and O–H groups in total. The van der Waals surface area contributed by atoms with Crippen molar-refractivity contribution in [2.75, 3.05) is 26.3 Å². The Kier molecular flexibility index (Phi) is 6.41. The monoisotopic (exact) mass is 272 g/mol. The van der Waals surface area contributed by atoms with Gasteiger partial charge in [-0.3, -0.25) is 14.8 Å². The molecule has 0 atom stereocenters. The molecule has 0 radical (unpaired) electrons. The predicted molar refractivity (Wildman–Crippen MR) is 70.9 cm³/mol. The standard InChI is InChI=1S/C10H15FN4O2.C2H6/c11-3-6-13-4-1-9(2-5-13)14-8-10(7-12-14)15(16)17;1-2/h7-9H,1-6H2;1-2H3. The van der Waals surface area contributed by atoms with Gasteiger partial charge in [0.05, 0.1) is 11.0 Å². The summed E-state index contributed by atoms with van der Waals surface area (Å²) >= 11 is 0. The molecular formula is C12H21FN4O2. The highest BCUT2D eigenvalue weighted by Gasteiger charge is 2.22. The van der Waals surface area contributed by atoms with Crippen molar-refractivity contribution >= 4 is 5.69 Å². The zero-order valence-corrected chi connectivity index (χ0v) is 11.5. The highest BCUT2D eigenvalue weighted by Crippen LogP contribution is 2.23. The van der Waals surface area contributed by atoms with Crippen molar-refractivity contribution in [3.05, 3.63) is 22.5 Å². The van der Waals surface area contributed by atoms with Gasteiger partial charge in [0, 0.05) is 19.6 Å². The Labute approximate surface area is 112 Å². The van der Waals surface area contributed by atoms with Crippen LogP contribution in [0.4, 0.5) is 10.1 Å². The van der Waals surface area contributed by atoms with Crippen molar-refractivity contribution in [3.8, 4) is 0 Å². The number of rotatable bonds is 4. The van der Waals surface area contributed by atoms with Crippen LogP contribution in [0, 0.1) is 10.1 Å². The number of likely N-dealkylation sites (tertiary alicyclic amines) is 1.